The third-order valence-electron chi connectivity index (χ3n) is 5.22. The van der Waals surface area contributed by atoms with Crippen molar-refractivity contribution in [3.8, 4) is 0 Å². The molecular weight excluding hydrogens is 444 g/mol. The maximum Gasteiger partial charge on any atom is 0.277 e. The van der Waals surface area contributed by atoms with Crippen molar-refractivity contribution in [1.82, 2.24) is 20.3 Å². The van der Waals surface area contributed by atoms with E-state index in [1.807, 2.05) is 6.26 Å². The van der Waals surface area contributed by atoms with Crippen LogP contribution in [-0.2, 0) is 16.1 Å². The van der Waals surface area contributed by atoms with Crippen molar-refractivity contribution in [2.24, 2.45) is 0 Å². The van der Waals surface area contributed by atoms with E-state index in [0.29, 0.717) is 28.7 Å². The number of anilines is 2. The molecule has 4 rings (SSSR count). The number of amides is 3. The summed E-state index contributed by atoms with van der Waals surface area (Å²) in [6, 6.07) is 11.0. The summed E-state index contributed by atoms with van der Waals surface area (Å²) in [6.07, 6.45) is 2.44. The van der Waals surface area contributed by atoms with Crippen molar-refractivity contribution in [1.29, 1.82) is 0 Å². The van der Waals surface area contributed by atoms with Gasteiger partial charge in [-0.05, 0) is 48.8 Å². The lowest BCUT2D eigenvalue weighted by molar-refractivity contribution is -0.118. The quantitative estimate of drug-likeness (QED) is 0.482. The Kier molecular flexibility index (Phi) is 6.68. The van der Waals surface area contributed by atoms with Gasteiger partial charge in [-0.1, -0.05) is 17.3 Å². The Morgan fingerprint density at radius 2 is 2.00 bits per heavy atom. The molecule has 0 spiro atoms. The van der Waals surface area contributed by atoms with E-state index in [1.165, 1.54) is 6.07 Å². The van der Waals surface area contributed by atoms with E-state index in [1.54, 1.807) is 48.2 Å². The van der Waals surface area contributed by atoms with E-state index in [9.17, 15) is 19.2 Å². The first-order valence-corrected chi connectivity index (χ1v) is 11.7. The van der Waals surface area contributed by atoms with Gasteiger partial charge in [-0.2, -0.15) is 11.8 Å². The van der Waals surface area contributed by atoms with E-state index in [-0.39, 0.29) is 41.8 Å². The molecule has 2 heterocycles. The van der Waals surface area contributed by atoms with Crippen LogP contribution in [0.25, 0.3) is 10.9 Å². The second-order valence-electron chi connectivity index (χ2n) is 7.49. The van der Waals surface area contributed by atoms with Gasteiger partial charge in [0.15, 0.2) is 0 Å². The molecule has 3 aromatic rings. The minimum Gasteiger partial charge on any atom is -0.340 e. The number of benzene rings is 2. The van der Waals surface area contributed by atoms with Crippen LogP contribution in [0.1, 0.15) is 23.2 Å². The van der Waals surface area contributed by atoms with Crippen molar-refractivity contribution in [2.75, 3.05) is 22.6 Å². The average Bonchev–Trinajstić information content (AvgIpc) is 2.93. The van der Waals surface area contributed by atoms with Gasteiger partial charge < -0.3 is 16.0 Å². The highest BCUT2D eigenvalue weighted by molar-refractivity contribution is 7.98. The summed E-state index contributed by atoms with van der Waals surface area (Å²) in [6.45, 7) is 0.0567. The molecule has 0 saturated carbocycles. The summed E-state index contributed by atoms with van der Waals surface area (Å²) in [5, 5.41) is 16.5. The highest BCUT2D eigenvalue weighted by atomic mass is 32.2. The predicted molar refractivity (Wildman–Crippen MR) is 126 cm³/mol. The summed E-state index contributed by atoms with van der Waals surface area (Å²) >= 11 is 1.59. The molecule has 11 heteroatoms. The molecule has 3 N–H and O–H groups in total. The Balaban J connectivity index is 1.43. The molecule has 1 aromatic heterocycles. The number of aryl methyl sites for hydroxylation is 1. The summed E-state index contributed by atoms with van der Waals surface area (Å²) in [7, 11) is 0. The molecule has 170 valence electrons. The minimum absolute atomic E-state index is 0.0102. The van der Waals surface area contributed by atoms with Gasteiger partial charge in [0, 0.05) is 12.1 Å². The normalized spacial score (nSPS) is 15.4. The number of rotatable bonds is 7. The molecule has 0 aliphatic carbocycles. The summed E-state index contributed by atoms with van der Waals surface area (Å²) in [4.78, 5) is 50.0. The standard InChI is InChI=1S/C22H22N6O4S/c1-33-11-9-18-21(31)24-16-7-6-13(12-15(16)20(30)25-18)23-19(29)8-10-28-22(32)14-4-2-3-5-17(14)26-27-28/h2-7,12,18H,8-11H2,1H3,(H,23,29)(H,24,31)(H,25,30)/t18-/m1/s1. The zero-order valence-corrected chi connectivity index (χ0v) is 18.6. The average molecular weight is 467 g/mol. The van der Waals surface area contributed by atoms with Gasteiger partial charge in [-0.15, -0.1) is 5.10 Å². The van der Waals surface area contributed by atoms with Crippen LogP contribution in [0, 0.1) is 0 Å². The van der Waals surface area contributed by atoms with Crippen LogP contribution < -0.4 is 21.5 Å². The number of carbonyl (C=O) groups is 3. The van der Waals surface area contributed by atoms with Gasteiger partial charge >= 0.3 is 0 Å². The first-order chi connectivity index (χ1) is 16.0. The zero-order chi connectivity index (χ0) is 23.4. The molecule has 2 aromatic carbocycles. The molecule has 1 aliphatic heterocycles. The van der Waals surface area contributed by atoms with Crippen LogP contribution in [0.2, 0.25) is 0 Å². The number of nitrogens with one attached hydrogen (secondary N) is 3. The van der Waals surface area contributed by atoms with Crippen molar-refractivity contribution >= 4 is 51.8 Å². The molecule has 0 fully saturated rings. The molecule has 0 bridgehead atoms. The van der Waals surface area contributed by atoms with Crippen LogP contribution >= 0.6 is 11.8 Å². The largest absolute Gasteiger partial charge is 0.340 e. The van der Waals surface area contributed by atoms with Crippen LogP contribution in [0.3, 0.4) is 0 Å². The second-order valence-corrected chi connectivity index (χ2v) is 8.48. The van der Waals surface area contributed by atoms with Crippen molar-refractivity contribution in [3.05, 3.63) is 58.4 Å². The molecule has 0 radical (unpaired) electrons. The SMILES string of the molecule is CSCC[C@H]1NC(=O)c2cc(NC(=O)CCn3nnc4ccccc4c3=O)ccc2NC1=O. The number of fused-ring (bicyclic) bond motifs is 2. The first kappa shape index (κ1) is 22.5. The topological polar surface area (TPSA) is 135 Å². The minimum atomic E-state index is -0.614. The highest BCUT2D eigenvalue weighted by Crippen LogP contribution is 2.24. The third-order valence-corrected chi connectivity index (χ3v) is 5.86. The molecule has 33 heavy (non-hydrogen) atoms. The van der Waals surface area contributed by atoms with Gasteiger partial charge in [0.05, 0.1) is 23.2 Å². The van der Waals surface area contributed by atoms with Crippen molar-refractivity contribution in [3.63, 3.8) is 0 Å². The van der Waals surface area contributed by atoms with E-state index < -0.39 is 6.04 Å². The predicted octanol–water partition coefficient (Wildman–Crippen LogP) is 1.62. The summed E-state index contributed by atoms with van der Waals surface area (Å²) in [5.41, 5.74) is 1.24. The summed E-state index contributed by atoms with van der Waals surface area (Å²) in [5.74, 6) is -0.271. The molecule has 3 amide bonds. The number of nitrogens with zero attached hydrogens (tertiary/aromatic N) is 3. The van der Waals surface area contributed by atoms with E-state index in [4.69, 9.17) is 0 Å². The molecule has 1 atom stereocenters. The Labute approximate surface area is 193 Å². The smallest absolute Gasteiger partial charge is 0.277 e. The van der Waals surface area contributed by atoms with Gasteiger partial charge in [-0.3, -0.25) is 19.2 Å². The van der Waals surface area contributed by atoms with Crippen molar-refractivity contribution < 1.29 is 14.4 Å². The Morgan fingerprint density at radius 3 is 2.82 bits per heavy atom. The fourth-order valence-corrected chi connectivity index (χ4v) is 3.95. The molecule has 10 nitrogen and oxygen atoms in total. The molecule has 0 saturated heterocycles. The first-order valence-electron chi connectivity index (χ1n) is 10.3. The highest BCUT2D eigenvalue weighted by Gasteiger charge is 2.27. The van der Waals surface area contributed by atoms with E-state index >= 15 is 0 Å². The van der Waals surface area contributed by atoms with Crippen LogP contribution in [0.4, 0.5) is 11.4 Å². The number of hydrogen-bond acceptors (Lipinski definition) is 7. The third kappa shape index (κ3) is 5.03. The number of aromatic nitrogens is 3. The maximum atomic E-state index is 12.6. The van der Waals surface area contributed by atoms with Crippen LogP contribution in [-0.4, -0.2) is 50.8 Å². The number of hydrogen-bond donors (Lipinski definition) is 3. The van der Waals surface area contributed by atoms with E-state index in [2.05, 4.69) is 26.3 Å². The van der Waals surface area contributed by atoms with Gasteiger partial charge in [0.25, 0.3) is 11.5 Å². The Hall–Kier alpha value is -3.73. The van der Waals surface area contributed by atoms with Gasteiger partial charge in [0.2, 0.25) is 11.8 Å². The molecule has 1 aliphatic rings. The van der Waals surface area contributed by atoms with Gasteiger partial charge in [0.1, 0.15) is 11.6 Å². The lowest BCUT2D eigenvalue weighted by Gasteiger charge is -2.13. The Morgan fingerprint density at radius 1 is 1.18 bits per heavy atom. The lowest BCUT2D eigenvalue weighted by atomic mass is 10.1. The van der Waals surface area contributed by atoms with Crippen LogP contribution in [0.15, 0.2) is 47.3 Å². The number of carbonyl (C=O) groups excluding carboxylic acids is 3. The number of thioether (sulfide) groups is 1. The maximum absolute atomic E-state index is 12.6. The zero-order valence-electron chi connectivity index (χ0n) is 17.8. The van der Waals surface area contributed by atoms with Gasteiger partial charge in [-0.25, -0.2) is 4.68 Å². The van der Waals surface area contributed by atoms with Crippen molar-refractivity contribution in [2.45, 2.75) is 25.4 Å². The fourth-order valence-electron chi connectivity index (χ4n) is 3.48. The Bertz CT molecular complexity index is 1290. The second kappa shape index (κ2) is 9.82. The lowest BCUT2D eigenvalue weighted by Crippen LogP contribution is -2.41. The van der Waals surface area contributed by atoms with E-state index in [0.717, 1.165) is 10.4 Å². The molecular formula is C22H22N6O4S. The monoisotopic (exact) mass is 466 g/mol. The molecule has 0 unspecified atom stereocenters. The fraction of sp³-hybridized carbons (Fsp3) is 0.273. The summed E-state index contributed by atoms with van der Waals surface area (Å²) < 4.78 is 1.15. The van der Waals surface area contributed by atoms with Crippen LogP contribution in [0.5, 0.6) is 0 Å².